The van der Waals surface area contributed by atoms with Gasteiger partial charge in [0.25, 0.3) is 0 Å². The summed E-state index contributed by atoms with van der Waals surface area (Å²) in [5.41, 5.74) is 1.24. The number of nitrogens with one attached hydrogen (secondary N) is 1. The zero-order chi connectivity index (χ0) is 18.2. The summed E-state index contributed by atoms with van der Waals surface area (Å²) in [6.45, 7) is 0.666. The summed E-state index contributed by atoms with van der Waals surface area (Å²) in [4.78, 5) is 12.0. The van der Waals surface area contributed by atoms with Crippen LogP contribution >= 0.6 is 11.8 Å². The molecular formula is C18H25N5O2S. The molecule has 1 saturated carbocycles. The Bertz CT molecular complexity index is 698. The van der Waals surface area contributed by atoms with E-state index in [1.165, 1.54) is 30.2 Å². The SMILES string of the molecule is COc1ccc(CCCNC(=O)CSc2nnnn2C2CCCC2)cc1. The maximum absolute atomic E-state index is 12.0. The first-order valence-corrected chi connectivity index (χ1v) is 10.0. The molecular weight excluding hydrogens is 350 g/mol. The molecule has 8 heteroatoms. The third-order valence-electron chi connectivity index (χ3n) is 4.59. The number of ether oxygens (including phenoxy) is 1. The molecule has 0 saturated heterocycles. The van der Waals surface area contributed by atoms with Gasteiger partial charge in [-0.15, -0.1) is 5.10 Å². The molecule has 0 aliphatic heterocycles. The molecule has 1 heterocycles. The number of amides is 1. The van der Waals surface area contributed by atoms with Crippen molar-refractivity contribution in [2.45, 2.75) is 49.7 Å². The quantitative estimate of drug-likeness (QED) is 0.536. The molecule has 1 amide bonds. The van der Waals surface area contributed by atoms with Gasteiger partial charge < -0.3 is 10.1 Å². The zero-order valence-corrected chi connectivity index (χ0v) is 15.9. The van der Waals surface area contributed by atoms with Crippen molar-refractivity contribution in [3.8, 4) is 5.75 Å². The highest BCUT2D eigenvalue weighted by molar-refractivity contribution is 7.99. The van der Waals surface area contributed by atoms with Crippen LogP contribution in [-0.4, -0.2) is 45.5 Å². The Balaban J connectivity index is 1.35. The van der Waals surface area contributed by atoms with Crippen molar-refractivity contribution in [3.63, 3.8) is 0 Å². The number of aryl methyl sites for hydroxylation is 1. The maximum Gasteiger partial charge on any atom is 0.230 e. The first-order valence-electron chi connectivity index (χ1n) is 9.06. The van der Waals surface area contributed by atoms with Crippen LogP contribution in [0, 0.1) is 0 Å². The van der Waals surface area contributed by atoms with E-state index in [1.807, 2.05) is 16.8 Å². The van der Waals surface area contributed by atoms with Gasteiger partial charge in [0.15, 0.2) is 0 Å². The van der Waals surface area contributed by atoms with Gasteiger partial charge in [0.1, 0.15) is 5.75 Å². The molecule has 1 aromatic carbocycles. The molecule has 140 valence electrons. The van der Waals surface area contributed by atoms with Gasteiger partial charge in [-0.1, -0.05) is 36.7 Å². The Morgan fingerprint density at radius 3 is 2.81 bits per heavy atom. The molecule has 0 bridgehead atoms. The lowest BCUT2D eigenvalue weighted by Gasteiger charge is -2.10. The van der Waals surface area contributed by atoms with Gasteiger partial charge in [0.2, 0.25) is 11.1 Å². The fourth-order valence-electron chi connectivity index (χ4n) is 3.15. The molecule has 7 nitrogen and oxygen atoms in total. The van der Waals surface area contributed by atoms with Crippen molar-refractivity contribution >= 4 is 17.7 Å². The number of methoxy groups -OCH3 is 1. The number of hydrogen-bond acceptors (Lipinski definition) is 6. The van der Waals surface area contributed by atoms with Gasteiger partial charge in [-0.05, 0) is 53.8 Å². The van der Waals surface area contributed by atoms with Gasteiger partial charge in [-0.3, -0.25) is 4.79 Å². The number of carbonyl (C=O) groups excluding carboxylic acids is 1. The summed E-state index contributed by atoms with van der Waals surface area (Å²) in [5.74, 6) is 1.22. The van der Waals surface area contributed by atoms with E-state index < -0.39 is 0 Å². The average Bonchev–Trinajstić information content (AvgIpc) is 3.35. The Hall–Kier alpha value is -2.09. The molecule has 0 atom stereocenters. The number of benzene rings is 1. The molecule has 26 heavy (non-hydrogen) atoms. The number of nitrogens with zero attached hydrogens (tertiary/aromatic N) is 4. The number of hydrogen-bond donors (Lipinski definition) is 1. The summed E-state index contributed by atoms with van der Waals surface area (Å²) < 4.78 is 7.03. The molecule has 0 radical (unpaired) electrons. The minimum absolute atomic E-state index is 0.0192. The highest BCUT2D eigenvalue weighted by Crippen LogP contribution is 2.31. The summed E-state index contributed by atoms with van der Waals surface area (Å²) in [7, 11) is 1.66. The highest BCUT2D eigenvalue weighted by Gasteiger charge is 2.21. The van der Waals surface area contributed by atoms with Crippen LogP contribution in [0.2, 0.25) is 0 Å². The molecule has 1 aliphatic carbocycles. The van der Waals surface area contributed by atoms with Crippen LogP contribution in [0.4, 0.5) is 0 Å². The standard InChI is InChI=1S/C18H25N5O2S/c1-25-16-10-8-14(9-11-16)5-4-12-19-17(24)13-26-18-20-21-22-23(18)15-6-2-3-7-15/h8-11,15H,2-7,12-13H2,1H3,(H,19,24). The molecule has 3 rings (SSSR count). The minimum Gasteiger partial charge on any atom is -0.497 e. The van der Waals surface area contributed by atoms with E-state index in [2.05, 4.69) is 33.0 Å². The van der Waals surface area contributed by atoms with E-state index in [4.69, 9.17) is 4.74 Å². The molecule has 1 N–H and O–H groups in total. The zero-order valence-electron chi connectivity index (χ0n) is 15.1. The van der Waals surface area contributed by atoms with E-state index in [9.17, 15) is 4.79 Å². The summed E-state index contributed by atoms with van der Waals surface area (Å²) in [5, 5.41) is 15.6. The van der Waals surface area contributed by atoms with Gasteiger partial charge in [0.05, 0.1) is 18.9 Å². The minimum atomic E-state index is 0.0192. The molecule has 0 spiro atoms. The third kappa shape index (κ3) is 5.20. The normalized spacial score (nSPS) is 14.5. The number of tetrazole rings is 1. The van der Waals surface area contributed by atoms with Crippen LogP contribution in [0.25, 0.3) is 0 Å². The lowest BCUT2D eigenvalue weighted by molar-refractivity contribution is -0.118. The monoisotopic (exact) mass is 375 g/mol. The van der Waals surface area contributed by atoms with Crippen LogP contribution < -0.4 is 10.1 Å². The van der Waals surface area contributed by atoms with Crippen molar-refractivity contribution in [2.24, 2.45) is 0 Å². The lowest BCUT2D eigenvalue weighted by Crippen LogP contribution is -2.26. The Labute approximate surface area is 157 Å². The van der Waals surface area contributed by atoms with Gasteiger partial charge in [-0.2, -0.15) is 0 Å². The van der Waals surface area contributed by atoms with Crippen LogP contribution in [0.1, 0.15) is 43.7 Å². The second kappa shape index (κ2) is 9.56. The molecule has 1 aliphatic rings. The summed E-state index contributed by atoms with van der Waals surface area (Å²) in [6, 6.07) is 8.41. The number of aromatic nitrogens is 4. The van der Waals surface area contributed by atoms with E-state index in [1.54, 1.807) is 7.11 Å². The highest BCUT2D eigenvalue weighted by atomic mass is 32.2. The van der Waals surface area contributed by atoms with Gasteiger partial charge in [-0.25, -0.2) is 4.68 Å². The topological polar surface area (TPSA) is 81.9 Å². The van der Waals surface area contributed by atoms with Crippen LogP contribution in [0.15, 0.2) is 29.4 Å². The lowest BCUT2D eigenvalue weighted by atomic mass is 10.1. The number of carbonyl (C=O) groups is 1. The Morgan fingerprint density at radius 2 is 2.08 bits per heavy atom. The third-order valence-corrected chi connectivity index (χ3v) is 5.52. The van der Waals surface area contributed by atoms with Crippen molar-refractivity contribution in [1.29, 1.82) is 0 Å². The first-order chi connectivity index (χ1) is 12.8. The fraction of sp³-hybridized carbons (Fsp3) is 0.556. The summed E-state index contributed by atoms with van der Waals surface area (Å²) >= 11 is 1.41. The van der Waals surface area contributed by atoms with Crippen molar-refractivity contribution in [2.75, 3.05) is 19.4 Å². The molecule has 1 fully saturated rings. The van der Waals surface area contributed by atoms with Crippen LogP contribution in [0.5, 0.6) is 5.75 Å². The number of rotatable bonds is 9. The fourth-order valence-corrected chi connectivity index (χ4v) is 3.93. The van der Waals surface area contributed by atoms with E-state index in [-0.39, 0.29) is 5.91 Å². The second-order valence-electron chi connectivity index (χ2n) is 6.43. The Kier molecular flexibility index (Phi) is 6.88. The van der Waals surface area contributed by atoms with Gasteiger partial charge >= 0.3 is 0 Å². The molecule has 2 aromatic rings. The van der Waals surface area contributed by atoms with Crippen LogP contribution in [-0.2, 0) is 11.2 Å². The average molecular weight is 375 g/mol. The van der Waals surface area contributed by atoms with Crippen molar-refractivity contribution in [1.82, 2.24) is 25.5 Å². The van der Waals surface area contributed by atoms with Gasteiger partial charge in [0, 0.05) is 6.54 Å². The second-order valence-corrected chi connectivity index (χ2v) is 7.38. The van der Waals surface area contributed by atoms with Crippen LogP contribution in [0.3, 0.4) is 0 Å². The van der Waals surface area contributed by atoms with E-state index in [0.717, 1.165) is 36.6 Å². The van der Waals surface area contributed by atoms with E-state index >= 15 is 0 Å². The smallest absolute Gasteiger partial charge is 0.230 e. The van der Waals surface area contributed by atoms with E-state index in [0.29, 0.717) is 18.3 Å². The van der Waals surface area contributed by atoms with Crippen molar-refractivity contribution in [3.05, 3.63) is 29.8 Å². The maximum atomic E-state index is 12.0. The largest absolute Gasteiger partial charge is 0.497 e. The Morgan fingerprint density at radius 1 is 1.31 bits per heavy atom. The molecule has 1 aromatic heterocycles. The first kappa shape index (κ1) is 18.7. The van der Waals surface area contributed by atoms with Crippen molar-refractivity contribution < 1.29 is 9.53 Å². The summed E-state index contributed by atoms with van der Waals surface area (Å²) in [6.07, 6.45) is 6.53. The predicted octanol–water partition coefficient (Wildman–Crippen LogP) is 2.64. The number of thioether (sulfide) groups is 1. The predicted molar refractivity (Wildman–Crippen MR) is 100 cm³/mol. The molecule has 0 unspecified atom stereocenters.